The molecule has 1 aromatic rings. The molecular weight excluding hydrogens is 288 g/mol. The van der Waals surface area contributed by atoms with Gasteiger partial charge in [0.2, 0.25) is 0 Å². The minimum atomic E-state index is 0.123. The number of piperidine rings is 2. The van der Waals surface area contributed by atoms with E-state index in [0.29, 0.717) is 23.7 Å². The van der Waals surface area contributed by atoms with Crippen molar-refractivity contribution in [1.82, 2.24) is 20.0 Å². The molecule has 0 radical (unpaired) electrons. The zero-order valence-corrected chi connectivity index (χ0v) is 14.5. The first-order valence-corrected chi connectivity index (χ1v) is 9.27. The summed E-state index contributed by atoms with van der Waals surface area (Å²) in [5.74, 6) is 0.717. The molecule has 3 heterocycles. The van der Waals surface area contributed by atoms with Crippen LogP contribution >= 0.6 is 0 Å². The van der Waals surface area contributed by atoms with E-state index in [9.17, 15) is 4.79 Å². The van der Waals surface area contributed by atoms with Gasteiger partial charge in [-0.25, -0.2) is 0 Å². The zero-order valence-electron chi connectivity index (χ0n) is 14.5. The fourth-order valence-electron chi connectivity index (χ4n) is 4.10. The summed E-state index contributed by atoms with van der Waals surface area (Å²) in [7, 11) is 0. The van der Waals surface area contributed by atoms with Crippen molar-refractivity contribution < 1.29 is 4.79 Å². The van der Waals surface area contributed by atoms with E-state index >= 15 is 0 Å². The van der Waals surface area contributed by atoms with Crippen LogP contribution in [0.1, 0.15) is 68.9 Å². The highest BCUT2D eigenvalue weighted by Crippen LogP contribution is 2.28. The van der Waals surface area contributed by atoms with Gasteiger partial charge in [0.1, 0.15) is 5.69 Å². The standard InChI is InChI=1S/C18H30N4O/c1-3-6-17-14(2)7-5-11-21(17)18(23)16-9-12-22(20-16)15-8-4-10-19-13-15/h9,12,14-15,17,19H,3-8,10-11,13H2,1-2H3. The number of likely N-dealkylation sites (tertiary alicyclic amines) is 1. The van der Waals surface area contributed by atoms with Gasteiger partial charge in [-0.1, -0.05) is 20.3 Å². The maximum atomic E-state index is 13.0. The number of amides is 1. The van der Waals surface area contributed by atoms with Gasteiger partial charge in [0.15, 0.2) is 0 Å². The van der Waals surface area contributed by atoms with E-state index < -0.39 is 0 Å². The molecule has 0 saturated carbocycles. The Bertz CT molecular complexity index is 521. The highest BCUT2D eigenvalue weighted by Gasteiger charge is 2.32. The normalized spacial score (nSPS) is 28.8. The first-order chi connectivity index (χ1) is 11.2. The molecule has 0 bridgehead atoms. The van der Waals surface area contributed by atoms with Crippen LogP contribution in [0.3, 0.4) is 0 Å². The molecule has 2 saturated heterocycles. The van der Waals surface area contributed by atoms with Gasteiger partial charge in [0, 0.05) is 25.3 Å². The van der Waals surface area contributed by atoms with Crippen molar-refractivity contribution in [1.29, 1.82) is 0 Å². The number of carbonyl (C=O) groups excluding carboxylic acids is 1. The van der Waals surface area contributed by atoms with Crippen LogP contribution in [0.25, 0.3) is 0 Å². The number of aromatic nitrogens is 2. The van der Waals surface area contributed by atoms with E-state index in [1.165, 1.54) is 12.8 Å². The second-order valence-electron chi connectivity index (χ2n) is 7.16. The minimum Gasteiger partial charge on any atom is -0.334 e. The molecule has 1 aromatic heterocycles. The molecule has 23 heavy (non-hydrogen) atoms. The fourth-order valence-corrected chi connectivity index (χ4v) is 4.10. The summed E-state index contributed by atoms with van der Waals surface area (Å²) in [4.78, 5) is 15.0. The van der Waals surface area contributed by atoms with Gasteiger partial charge < -0.3 is 10.2 Å². The lowest BCUT2D eigenvalue weighted by molar-refractivity contribution is 0.0490. The highest BCUT2D eigenvalue weighted by atomic mass is 16.2. The summed E-state index contributed by atoms with van der Waals surface area (Å²) in [6, 6.07) is 2.67. The Morgan fingerprint density at radius 1 is 1.39 bits per heavy atom. The van der Waals surface area contributed by atoms with Gasteiger partial charge in [-0.15, -0.1) is 0 Å². The van der Waals surface area contributed by atoms with Gasteiger partial charge in [-0.3, -0.25) is 9.48 Å². The average molecular weight is 318 g/mol. The number of hydrogen-bond donors (Lipinski definition) is 1. The number of carbonyl (C=O) groups is 1. The first-order valence-electron chi connectivity index (χ1n) is 9.27. The second kappa shape index (κ2) is 7.47. The third-order valence-electron chi connectivity index (χ3n) is 5.43. The molecular formula is C18H30N4O. The summed E-state index contributed by atoms with van der Waals surface area (Å²) >= 11 is 0. The minimum absolute atomic E-state index is 0.123. The smallest absolute Gasteiger partial charge is 0.274 e. The lowest BCUT2D eigenvalue weighted by Crippen LogP contribution is -2.47. The quantitative estimate of drug-likeness (QED) is 0.929. The van der Waals surface area contributed by atoms with Crippen LogP contribution < -0.4 is 5.32 Å². The maximum Gasteiger partial charge on any atom is 0.274 e. The lowest BCUT2D eigenvalue weighted by Gasteiger charge is -2.39. The van der Waals surface area contributed by atoms with Gasteiger partial charge in [0.05, 0.1) is 6.04 Å². The molecule has 3 unspecified atom stereocenters. The van der Waals surface area contributed by atoms with Crippen LogP contribution in [-0.4, -0.2) is 46.3 Å². The summed E-state index contributed by atoms with van der Waals surface area (Å²) in [5.41, 5.74) is 0.616. The van der Waals surface area contributed by atoms with Crippen LogP contribution in [-0.2, 0) is 0 Å². The van der Waals surface area contributed by atoms with E-state index in [4.69, 9.17) is 0 Å². The van der Waals surface area contributed by atoms with Crippen molar-refractivity contribution in [2.75, 3.05) is 19.6 Å². The van der Waals surface area contributed by atoms with Gasteiger partial charge in [-0.2, -0.15) is 5.10 Å². The van der Waals surface area contributed by atoms with E-state index in [2.05, 4.69) is 29.2 Å². The summed E-state index contributed by atoms with van der Waals surface area (Å²) in [5, 5.41) is 8.02. The van der Waals surface area contributed by atoms with E-state index in [1.54, 1.807) is 0 Å². The Labute approximate surface area is 139 Å². The average Bonchev–Trinajstić information content (AvgIpc) is 3.07. The van der Waals surface area contributed by atoms with E-state index in [-0.39, 0.29) is 5.91 Å². The Morgan fingerprint density at radius 3 is 3.00 bits per heavy atom. The van der Waals surface area contributed by atoms with E-state index in [1.807, 2.05) is 16.9 Å². The van der Waals surface area contributed by atoms with Crippen LogP contribution in [0.2, 0.25) is 0 Å². The molecule has 0 aromatic carbocycles. The predicted octanol–water partition coefficient (Wildman–Crippen LogP) is 2.85. The SMILES string of the molecule is CCCC1C(C)CCCN1C(=O)c1ccn(C2CCCNC2)n1. The van der Waals surface area contributed by atoms with E-state index in [0.717, 1.165) is 45.3 Å². The second-order valence-corrected chi connectivity index (χ2v) is 7.16. The van der Waals surface area contributed by atoms with Crippen molar-refractivity contribution in [3.05, 3.63) is 18.0 Å². The molecule has 5 nitrogen and oxygen atoms in total. The number of hydrogen-bond acceptors (Lipinski definition) is 3. The molecule has 3 rings (SSSR count). The van der Waals surface area contributed by atoms with Crippen molar-refractivity contribution in [2.24, 2.45) is 5.92 Å². The van der Waals surface area contributed by atoms with Crippen molar-refractivity contribution >= 4 is 5.91 Å². The third-order valence-corrected chi connectivity index (χ3v) is 5.43. The Balaban J connectivity index is 1.72. The highest BCUT2D eigenvalue weighted by molar-refractivity contribution is 5.92. The molecule has 2 aliphatic heterocycles. The lowest BCUT2D eigenvalue weighted by atomic mass is 9.88. The summed E-state index contributed by atoms with van der Waals surface area (Å²) in [6.07, 6.45) is 8.86. The summed E-state index contributed by atoms with van der Waals surface area (Å²) in [6.45, 7) is 7.41. The molecule has 2 aliphatic rings. The largest absolute Gasteiger partial charge is 0.334 e. The topological polar surface area (TPSA) is 50.2 Å². The van der Waals surface area contributed by atoms with Gasteiger partial charge in [-0.05, 0) is 50.6 Å². The number of nitrogens with zero attached hydrogens (tertiary/aromatic N) is 3. The molecule has 1 amide bonds. The number of rotatable bonds is 4. The Hall–Kier alpha value is -1.36. The van der Waals surface area contributed by atoms with Gasteiger partial charge in [0.25, 0.3) is 5.91 Å². The molecule has 5 heteroatoms. The van der Waals surface area contributed by atoms with Crippen LogP contribution in [0, 0.1) is 5.92 Å². The van der Waals surface area contributed by atoms with Crippen molar-refractivity contribution in [2.45, 2.75) is 64.5 Å². The summed E-state index contributed by atoms with van der Waals surface area (Å²) < 4.78 is 1.99. The van der Waals surface area contributed by atoms with Crippen molar-refractivity contribution in [3.63, 3.8) is 0 Å². The monoisotopic (exact) mass is 318 g/mol. The van der Waals surface area contributed by atoms with Crippen LogP contribution in [0.15, 0.2) is 12.3 Å². The third kappa shape index (κ3) is 3.60. The van der Waals surface area contributed by atoms with Crippen LogP contribution in [0.4, 0.5) is 0 Å². The fraction of sp³-hybridized carbons (Fsp3) is 0.778. The Kier molecular flexibility index (Phi) is 5.36. The molecule has 2 fully saturated rings. The molecule has 3 atom stereocenters. The Morgan fingerprint density at radius 2 is 2.26 bits per heavy atom. The van der Waals surface area contributed by atoms with Gasteiger partial charge >= 0.3 is 0 Å². The molecule has 0 spiro atoms. The molecule has 1 N–H and O–H groups in total. The molecule has 128 valence electrons. The first kappa shape index (κ1) is 16.5. The number of nitrogens with one attached hydrogen (secondary N) is 1. The maximum absolute atomic E-state index is 13.0. The van der Waals surface area contributed by atoms with Crippen molar-refractivity contribution in [3.8, 4) is 0 Å². The predicted molar refractivity (Wildman–Crippen MR) is 91.5 cm³/mol. The zero-order chi connectivity index (χ0) is 16.2. The van der Waals surface area contributed by atoms with Crippen LogP contribution in [0.5, 0.6) is 0 Å². The molecule has 0 aliphatic carbocycles.